The van der Waals surface area contributed by atoms with Gasteiger partial charge in [-0.15, -0.1) is 0 Å². The first kappa shape index (κ1) is 30.0. The van der Waals surface area contributed by atoms with Crippen molar-refractivity contribution in [3.8, 4) is 17.2 Å². The molecular weight excluding hydrogens is 447 g/mol. The zero-order chi connectivity index (χ0) is 23.2. The largest absolute Gasteiger partial charge is 1.00 e. The van der Waals surface area contributed by atoms with Crippen molar-refractivity contribution in [1.29, 1.82) is 0 Å². The van der Waals surface area contributed by atoms with Gasteiger partial charge in [-0.2, -0.15) is 8.42 Å². The van der Waals surface area contributed by atoms with E-state index in [1.54, 1.807) is 6.07 Å². The molecule has 0 amide bonds. The molecular formula is C26H37NaO5S. The molecule has 0 atom stereocenters. The Labute approximate surface area is 222 Å². The Kier molecular flexibility index (Phi) is 15.0. The topological polar surface area (TPSA) is 86.7 Å². The maximum Gasteiger partial charge on any atom is 1.00 e. The molecule has 0 aliphatic heterocycles. The van der Waals surface area contributed by atoms with Crippen LogP contribution in [0.25, 0.3) is 0 Å². The van der Waals surface area contributed by atoms with Crippen LogP contribution in [0.15, 0.2) is 47.4 Å². The minimum Gasteiger partial charge on any atom is -0.870 e. The van der Waals surface area contributed by atoms with E-state index in [1.807, 2.05) is 18.2 Å². The SMILES string of the molecule is CCCCCCCCCCCCCCc1ccccc1Oc1cc(S(=O)(=O)O)ccc1[O-].[Na+]. The third kappa shape index (κ3) is 11.8. The summed E-state index contributed by atoms with van der Waals surface area (Å²) in [5.74, 6) is -0.00000328. The molecule has 0 aliphatic rings. The van der Waals surface area contributed by atoms with Crippen LogP contribution in [0.4, 0.5) is 0 Å². The van der Waals surface area contributed by atoms with Crippen LogP contribution in [0, 0.1) is 0 Å². The second-order valence-electron chi connectivity index (χ2n) is 8.43. The third-order valence-corrected chi connectivity index (χ3v) is 6.55. The van der Waals surface area contributed by atoms with Crippen LogP contribution < -0.4 is 39.4 Å². The second kappa shape index (κ2) is 16.6. The summed E-state index contributed by atoms with van der Waals surface area (Å²) in [7, 11) is -4.40. The van der Waals surface area contributed by atoms with Gasteiger partial charge in [-0.3, -0.25) is 4.55 Å². The predicted octanol–water partition coefficient (Wildman–Crippen LogP) is 4.05. The second-order valence-corrected chi connectivity index (χ2v) is 9.85. The predicted molar refractivity (Wildman–Crippen MR) is 127 cm³/mol. The molecule has 0 radical (unpaired) electrons. The van der Waals surface area contributed by atoms with E-state index in [0.717, 1.165) is 43.0 Å². The van der Waals surface area contributed by atoms with E-state index in [-0.39, 0.29) is 40.2 Å². The molecule has 2 aromatic rings. The molecule has 0 saturated carbocycles. The normalized spacial score (nSPS) is 11.2. The molecule has 0 unspecified atom stereocenters. The summed E-state index contributed by atoms with van der Waals surface area (Å²) in [5.41, 5.74) is 0.983. The average Bonchev–Trinajstić information content (AvgIpc) is 2.76. The molecule has 7 heteroatoms. The van der Waals surface area contributed by atoms with E-state index in [4.69, 9.17) is 4.74 Å². The fourth-order valence-corrected chi connectivity index (χ4v) is 4.31. The number of benzene rings is 2. The van der Waals surface area contributed by atoms with Crippen molar-refractivity contribution < 1.29 is 52.4 Å². The smallest absolute Gasteiger partial charge is 0.870 e. The molecule has 5 nitrogen and oxygen atoms in total. The average molecular weight is 485 g/mol. The summed E-state index contributed by atoms with van der Waals surface area (Å²) in [6.07, 6.45) is 16.3. The number of hydrogen-bond acceptors (Lipinski definition) is 4. The number of unbranched alkanes of at least 4 members (excludes halogenated alkanes) is 11. The summed E-state index contributed by atoms with van der Waals surface area (Å²) in [6.45, 7) is 2.25. The quantitative estimate of drug-likeness (QED) is 0.221. The van der Waals surface area contributed by atoms with Crippen LogP contribution in [-0.2, 0) is 16.5 Å². The Hall–Kier alpha value is -1.05. The number of aryl methyl sites for hydroxylation is 1. The van der Waals surface area contributed by atoms with Crippen molar-refractivity contribution in [2.45, 2.75) is 95.3 Å². The first-order chi connectivity index (χ1) is 15.4. The van der Waals surface area contributed by atoms with E-state index in [9.17, 15) is 18.1 Å². The first-order valence-electron chi connectivity index (χ1n) is 12.0. The van der Waals surface area contributed by atoms with E-state index >= 15 is 0 Å². The molecule has 0 aromatic heterocycles. The van der Waals surface area contributed by atoms with Gasteiger partial charge in [0.25, 0.3) is 10.1 Å². The molecule has 0 aliphatic carbocycles. The van der Waals surface area contributed by atoms with Crippen LogP contribution in [-0.4, -0.2) is 13.0 Å². The zero-order valence-electron chi connectivity index (χ0n) is 20.2. The van der Waals surface area contributed by atoms with Gasteiger partial charge in [0.05, 0.1) is 4.90 Å². The van der Waals surface area contributed by atoms with Gasteiger partial charge in [-0.25, -0.2) is 0 Å². The minimum atomic E-state index is -4.40. The maximum absolute atomic E-state index is 12.1. The fourth-order valence-electron chi connectivity index (χ4n) is 3.81. The Balaban J connectivity index is 0.00000544. The number of para-hydroxylation sites is 1. The minimum absolute atomic E-state index is 0. The summed E-state index contributed by atoms with van der Waals surface area (Å²) in [6, 6.07) is 10.7. The zero-order valence-corrected chi connectivity index (χ0v) is 23.0. The molecule has 0 spiro atoms. The van der Waals surface area contributed by atoms with Crippen molar-refractivity contribution in [3.05, 3.63) is 48.0 Å². The van der Waals surface area contributed by atoms with Gasteiger partial charge >= 0.3 is 29.6 Å². The molecule has 33 heavy (non-hydrogen) atoms. The summed E-state index contributed by atoms with van der Waals surface area (Å²) in [5, 5.41) is 12.1. The van der Waals surface area contributed by atoms with Crippen LogP contribution in [0.5, 0.6) is 17.2 Å². The molecule has 1 N–H and O–H groups in total. The van der Waals surface area contributed by atoms with Gasteiger partial charge in [-0.1, -0.05) is 108 Å². The number of hydrogen-bond donors (Lipinski definition) is 1. The Morgan fingerprint density at radius 3 is 1.91 bits per heavy atom. The van der Waals surface area contributed by atoms with Crippen LogP contribution >= 0.6 is 0 Å². The molecule has 2 aromatic carbocycles. The third-order valence-electron chi connectivity index (χ3n) is 5.71. The van der Waals surface area contributed by atoms with Crippen LogP contribution in [0.3, 0.4) is 0 Å². The van der Waals surface area contributed by atoms with E-state index in [2.05, 4.69) is 6.92 Å². The number of ether oxygens (including phenoxy) is 1. The van der Waals surface area contributed by atoms with Crippen LogP contribution in [0.2, 0.25) is 0 Å². The summed E-state index contributed by atoms with van der Waals surface area (Å²) < 4.78 is 37.7. The number of rotatable bonds is 16. The standard InChI is InChI=1S/C26H38O5S.Na/c1-2-3-4-5-6-7-8-9-10-11-12-13-16-22-17-14-15-18-25(22)31-26-21-23(32(28,29)30)19-20-24(26)27;/h14-15,17-21,27H,2-13,16H2,1H3,(H,28,29,30);/q;+1/p-1. The Morgan fingerprint density at radius 2 is 1.33 bits per heavy atom. The fraction of sp³-hybridized carbons (Fsp3) is 0.538. The van der Waals surface area contributed by atoms with Crippen molar-refractivity contribution >= 4 is 10.1 Å². The van der Waals surface area contributed by atoms with Crippen LogP contribution in [0.1, 0.15) is 89.5 Å². The van der Waals surface area contributed by atoms with E-state index in [1.165, 1.54) is 64.2 Å². The van der Waals surface area contributed by atoms with E-state index in [0.29, 0.717) is 5.75 Å². The van der Waals surface area contributed by atoms with Gasteiger partial charge in [0.2, 0.25) is 0 Å². The van der Waals surface area contributed by atoms with Gasteiger partial charge in [0, 0.05) is 6.07 Å². The monoisotopic (exact) mass is 484 g/mol. The van der Waals surface area contributed by atoms with Gasteiger partial charge in [0.15, 0.2) is 0 Å². The maximum atomic E-state index is 12.1. The molecule has 178 valence electrons. The Morgan fingerprint density at radius 1 is 0.788 bits per heavy atom. The first-order valence-corrected chi connectivity index (χ1v) is 13.4. The van der Waals surface area contributed by atoms with Gasteiger partial charge in [0.1, 0.15) is 11.5 Å². The van der Waals surface area contributed by atoms with E-state index < -0.39 is 15.9 Å². The van der Waals surface area contributed by atoms with Crippen molar-refractivity contribution in [1.82, 2.24) is 0 Å². The van der Waals surface area contributed by atoms with Gasteiger partial charge in [-0.05, 0) is 30.5 Å². The Bertz CT molecular complexity index is 915. The van der Waals surface area contributed by atoms with Crippen molar-refractivity contribution in [2.24, 2.45) is 0 Å². The molecule has 0 saturated heterocycles. The molecule has 0 heterocycles. The molecule has 0 fully saturated rings. The van der Waals surface area contributed by atoms with Crippen molar-refractivity contribution in [2.75, 3.05) is 0 Å². The molecule has 2 rings (SSSR count). The summed E-state index contributed by atoms with van der Waals surface area (Å²) in [4.78, 5) is -0.356. The summed E-state index contributed by atoms with van der Waals surface area (Å²) >= 11 is 0. The molecule has 0 bridgehead atoms. The van der Waals surface area contributed by atoms with Gasteiger partial charge < -0.3 is 9.84 Å². The van der Waals surface area contributed by atoms with Crippen molar-refractivity contribution in [3.63, 3.8) is 0 Å².